The van der Waals surface area contributed by atoms with Crippen LogP contribution in [0, 0.1) is 0 Å². The van der Waals surface area contributed by atoms with Crippen molar-refractivity contribution in [2.75, 3.05) is 0 Å². The molecule has 1 heterocycles. The molecule has 0 spiro atoms. The highest BCUT2D eigenvalue weighted by Crippen LogP contribution is 2.19. The Labute approximate surface area is 135 Å². The first-order valence-corrected chi connectivity index (χ1v) is 7.41. The van der Waals surface area contributed by atoms with E-state index in [2.05, 4.69) is 10.3 Å². The summed E-state index contributed by atoms with van der Waals surface area (Å²) in [5.74, 6) is -0.797. The fraction of sp³-hybridized carbons (Fsp3) is 0.353. The smallest absolute Gasteiger partial charge is 0.428 e. The molecule has 1 aliphatic heterocycles. The maximum Gasteiger partial charge on any atom is 0.516 e. The van der Waals surface area contributed by atoms with Gasteiger partial charge in [-0.05, 0) is 31.9 Å². The van der Waals surface area contributed by atoms with E-state index in [1.807, 2.05) is 37.3 Å². The normalized spacial score (nSPS) is 17.0. The van der Waals surface area contributed by atoms with E-state index in [4.69, 9.17) is 9.47 Å². The van der Waals surface area contributed by atoms with Crippen molar-refractivity contribution in [1.82, 2.24) is 5.32 Å². The van der Waals surface area contributed by atoms with Crippen LogP contribution in [0.1, 0.15) is 38.9 Å². The first-order valence-electron chi connectivity index (χ1n) is 7.41. The van der Waals surface area contributed by atoms with Crippen LogP contribution < -0.4 is 5.32 Å². The molecular formula is C17H20N2O4. The minimum Gasteiger partial charge on any atom is -0.428 e. The fourth-order valence-corrected chi connectivity index (χ4v) is 1.82. The van der Waals surface area contributed by atoms with E-state index in [0.29, 0.717) is 6.42 Å². The van der Waals surface area contributed by atoms with Gasteiger partial charge in [0.1, 0.15) is 17.5 Å². The van der Waals surface area contributed by atoms with Gasteiger partial charge in [0, 0.05) is 6.21 Å². The zero-order chi connectivity index (χ0) is 16.9. The van der Waals surface area contributed by atoms with Crippen molar-refractivity contribution in [1.29, 1.82) is 0 Å². The zero-order valence-electron chi connectivity index (χ0n) is 13.4. The van der Waals surface area contributed by atoms with Gasteiger partial charge in [-0.25, -0.2) is 9.59 Å². The van der Waals surface area contributed by atoms with Gasteiger partial charge in [-0.1, -0.05) is 37.3 Å². The molecule has 1 unspecified atom stereocenters. The lowest BCUT2D eigenvalue weighted by Crippen LogP contribution is -2.32. The predicted molar refractivity (Wildman–Crippen MR) is 85.8 cm³/mol. The number of rotatable bonds is 4. The average Bonchev–Trinajstić information content (AvgIpc) is 2.55. The van der Waals surface area contributed by atoms with Gasteiger partial charge in [0.25, 0.3) is 0 Å². The second kappa shape index (κ2) is 7.09. The highest BCUT2D eigenvalue weighted by molar-refractivity contribution is 5.98. The van der Waals surface area contributed by atoms with E-state index in [1.165, 1.54) is 12.3 Å². The lowest BCUT2D eigenvalue weighted by Gasteiger charge is -2.23. The van der Waals surface area contributed by atoms with Crippen LogP contribution in [0.5, 0.6) is 0 Å². The number of ether oxygens (including phenoxy) is 2. The van der Waals surface area contributed by atoms with Gasteiger partial charge in [0.2, 0.25) is 0 Å². The third-order valence-corrected chi connectivity index (χ3v) is 3.49. The number of carbonyl (C=O) groups is 2. The number of nitrogens with zero attached hydrogens (tertiary/aromatic N) is 1. The summed E-state index contributed by atoms with van der Waals surface area (Å²) < 4.78 is 9.81. The maximum atomic E-state index is 12.0. The first-order chi connectivity index (χ1) is 10.9. The van der Waals surface area contributed by atoms with Gasteiger partial charge in [-0.3, -0.25) is 4.99 Å². The van der Waals surface area contributed by atoms with Crippen molar-refractivity contribution >= 4 is 18.3 Å². The largest absolute Gasteiger partial charge is 0.516 e. The number of allylic oxidation sites excluding steroid dienone is 1. The van der Waals surface area contributed by atoms with E-state index in [1.54, 1.807) is 13.8 Å². The minimum absolute atomic E-state index is 0.153. The van der Waals surface area contributed by atoms with Crippen LogP contribution in [0.25, 0.3) is 0 Å². The predicted octanol–water partition coefficient (Wildman–Crippen LogP) is 3.11. The maximum absolute atomic E-state index is 12.0. The molecule has 1 aliphatic rings. The number of esters is 1. The van der Waals surface area contributed by atoms with Gasteiger partial charge < -0.3 is 14.8 Å². The number of carbonyl (C=O) groups excluding carboxylic acids is 2. The molecule has 0 aromatic heterocycles. The van der Waals surface area contributed by atoms with Crippen LogP contribution in [-0.4, -0.2) is 23.9 Å². The Hall–Kier alpha value is -2.63. The van der Waals surface area contributed by atoms with Gasteiger partial charge in [-0.15, -0.1) is 0 Å². The van der Waals surface area contributed by atoms with E-state index >= 15 is 0 Å². The van der Waals surface area contributed by atoms with E-state index in [9.17, 15) is 9.59 Å². The Morgan fingerprint density at radius 3 is 2.61 bits per heavy atom. The molecule has 0 radical (unpaired) electrons. The summed E-state index contributed by atoms with van der Waals surface area (Å²) in [7, 11) is 0. The zero-order valence-corrected chi connectivity index (χ0v) is 13.4. The van der Waals surface area contributed by atoms with Crippen LogP contribution in [-0.2, 0) is 14.3 Å². The summed E-state index contributed by atoms with van der Waals surface area (Å²) in [4.78, 5) is 28.0. The Balaban J connectivity index is 1.97. The quantitative estimate of drug-likeness (QED) is 0.682. The molecule has 23 heavy (non-hydrogen) atoms. The summed E-state index contributed by atoms with van der Waals surface area (Å²) in [5, 5.41) is 2.93. The molecule has 0 amide bonds. The van der Waals surface area contributed by atoms with Crippen molar-refractivity contribution in [3.05, 3.63) is 47.7 Å². The average molecular weight is 316 g/mol. The molecule has 6 nitrogen and oxygen atoms in total. The second-order valence-electron chi connectivity index (χ2n) is 5.69. The number of nitrogens with one attached hydrogen (secondary N) is 1. The standard InChI is InChI=1S/C17H20N2O4/c1-4-17(2,3)23-16(21)22-15(20)13-10-11-18-14(19-13)12-8-6-5-7-9-12/h5-11,14,19H,4H2,1-3H3. The van der Waals surface area contributed by atoms with Crippen LogP contribution >= 0.6 is 0 Å². The second-order valence-corrected chi connectivity index (χ2v) is 5.69. The number of benzene rings is 1. The Bertz CT molecular complexity index is 635. The van der Waals surface area contributed by atoms with Crippen molar-refractivity contribution in [2.24, 2.45) is 4.99 Å². The van der Waals surface area contributed by atoms with E-state index < -0.39 is 23.9 Å². The molecule has 0 saturated carbocycles. The Morgan fingerprint density at radius 2 is 1.96 bits per heavy atom. The number of hydrogen-bond donors (Lipinski definition) is 1. The molecule has 0 fully saturated rings. The monoisotopic (exact) mass is 316 g/mol. The SMILES string of the molecule is CCC(C)(C)OC(=O)OC(=O)C1=CC=NC(c2ccccc2)N1. The Morgan fingerprint density at radius 1 is 1.26 bits per heavy atom. The summed E-state index contributed by atoms with van der Waals surface area (Å²) in [5.41, 5.74) is 0.372. The van der Waals surface area contributed by atoms with Crippen molar-refractivity contribution in [3.63, 3.8) is 0 Å². The topological polar surface area (TPSA) is 77.0 Å². The minimum atomic E-state index is -1.01. The molecule has 1 atom stereocenters. The molecular weight excluding hydrogens is 296 g/mol. The molecule has 6 heteroatoms. The van der Waals surface area contributed by atoms with Gasteiger partial charge in [0.15, 0.2) is 0 Å². The highest BCUT2D eigenvalue weighted by Gasteiger charge is 2.26. The van der Waals surface area contributed by atoms with Crippen molar-refractivity contribution < 1.29 is 19.1 Å². The number of hydrogen-bond acceptors (Lipinski definition) is 6. The summed E-state index contributed by atoms with van der Waals surface area (Å²) in [6.07, 6.45) is 2.17. The third kappa shape index (κ3) is 4.67. The van der Waals surface area contributed by atoms with Crippen LogP contribution in [0.4, 0.5) is 4.79 Å². The summed E-state index contributed by atoms with van der Waals surface area (Å²) in [6.45, 7) is 5.37. The molecule has 122 valence electrons. The molecule has 0 aliphatic carbocycles. The highest BCUT2D eigenvalue weighted by atomic mass is 16.7. The summed E-state index contributed by atoms with van der Waals surface area (Å²) in [6, 6.07) is 9.44. The van der Waals surface area contributed by atoms with E-state index in [-0.39, 0.29) is 5.70 Å². The van der Waals surface area contributed by atoms with Gasteiger partial charge >= 0.3 is 12.1 Å². The molecule has 0 bridgehead atoms. The molecule has 1 aromatic carbocycles. The van der Waals surface area contributed by atoms with Gasteiger partial charge in [-0.2, -0.15) is 0 Å². The van der Waals surface area contributed by atoms with E-state index in [0.717, 1.165) is 5.56 Å². The third-order valence-electron chi connectivity index (χ3n) is 3.49. The molecule has 1 aromatic rings. The first kappa shape index (κ1) is 16.7. The number of aliphatic imine (C=N–C) groups is 1. The molecule has 0 saturated heterocycles. The molecule has 2 rings (SSSR count). The lowest BCUT2D eigenvalue weighted by atomic mass is 10.1. The van der Waals surface area contributed by atoms with Gasteiger partial charge in [0.05, 0.1) is 0 Å². The van der Waals surface area contributed by atoms with Crippen LogP contribution in [0.15, 0.2) is 47.1 Å². The molecule has 1 N–H and O–H groups in total. The fourth-order valence-electron chi connectivity index (χ4n) is 1.82. The van der Waals surface area contributed by atoms with Crippen molar-refractivity contribution in [3.8, 4) is 0 Å². The Kier molecular flexibility index (Phi) is 5.16. The van der Waals surface area contributed by atoms with Crippen LogP contribution in [0.3, 0.4) is 0 Å². The van der Waals surface area contributed by atoms with Crippen LogP contribution in [0.2, 0.25) is 0 Å². The van der Waals surface area contributed by atoms with Crippen molar-refractivity contribution in [2.45, 2.75) is 39.0 Å². The summed E-state index contributed by atoms with van der Waals surface area (Å²) >= 11 is 0. The lowest BCUT2D eigenvalue weighted by molar-refractivity contribution is -0.137.